The second-order valence-corrected chi connectivity index (χ2v) is 5.44. The van der Waals surface area contributed by atoms with E-state index in [-0.39, 0.29) is 24.4 Å². The summed E-state index contributed by atoms with van der Waals surface area (Å²) in [5, 5.41) is 5.68. The van der Waals surface area contributed by atoms with Crippen molar-refractivity contribution in [3.8, 4) is 0 Å². The molecule has 1 saturated heterocycles. The number of nitrogens with zero attached hydrogens (tertiary/aromatic N) is 4. The summed E-state index contributed by atoms with van der Waals surface area (Å²) in [7, 11) is 0. The molecule has 21 heavy (non-hydrogen) atoms. The molecular formula is C13H23N7O. The number of aromatic nitrogens is 3. The van der Waals surface area contributed by atoms with E-state index < -0.39 is 0 Å². The molecule has 0 aliphatic carbocycles. The van der Waals surface area contributed by atoms with Gasteiger partial charge in [-0.05, 0) is 33.1 Å². The van der Waals surface area contributed by atoms with Crippen molar-refractivity contribution in [1.29, 1.82) is 0 Å². The normalized spacial score (nSPS) is 15.1. The third kappa shape index (κ3) is 4.73. The SMILES string of the molecule is CC(C)NC(=O)CNc1nc(N)nc(N2CCCCC2)n1. The lowest BCUT2D eigenvalue weighted by Crippen LogP contribution is -2.35. The van der Waals surface area contributed by atoms with Crippen LogP contribution in [0.25, 0.3) is 0 Å². The topological polar surface area (TPSA) is 109 Å². The highest BCUT2D eigenvalue weighted by Gasteiger charge is 2.15. The standard InChI is InChI=1S/C13H23N7O/c1-9(2)16-10(21)8-15-12-17-11(14)18-13(19-12)20-6-4-3-5-7-20/h9H,3-8H2,1-2H3,(H,16,21)(H3,14,15,17,18,19). The molecule has 1 aromatic rings. The minimum Gasteiger partial charge on any atom is -0.368 e. The quantitative estimate of drug-likeness (QED) is 0.720. The van der Waals surface area contributed by atoms with Crippen molar-refractivity contribution >= 4 is 23.8 Å². The van der Waals surface area contributed by atoms with Gasteiger partial charge >= 0.3 is 0 Å². The van der Waals surface area contributed by atoms with Gasteiger partial charge in [0.15, 0.2) is 0 Å². The second-order valence-electron chi connectivity index (χ2n) is 5.44. The zero-order valence-corrected chi connectivity index (χ0v) is 12.6. The highest BCUT2D eigenvalue weighted by Crippen LogP contribution is 2.17. The first kappa shape index (κ1) is 15.3. The van der Waals surface area contributed by atoms with Crippen molar-refractivity contribution in [3.05, 3.63) is 0 Å². The number of hydrogen-bond donors (Lipinski definition) is 3. The molecule has 0 atom stereocenters. The van der Waals surface area contributed by atoms with E-state index in [1.54, 1.807) is 0 Å². The van der Waals surface area contributed by atoms with Crippen LogP contribution in [0.3, 0.4) is 0 Å². The van der Waals surface area contributed by atoms with Crippen LogP contribution in [0, 0.1) is 0 Å². The summed E-state index contributed by atoms with van der Waals surface area (Å²) >= 11 is 0. The molecule has 8 heteroatoms. The Bertz CT molecular complexity index is 485. The molecule has 1 fully saturated rings. The Kier molecular flexibility index (Phi) is 5.13. The zero-order chi connectivity index (χ0) is 15.2. The van der Waals surface area contributed by atoms with Crippen LogP contribution < -0.4 is 21.3 Å². The summed E-state index contributed by atoms with van der Waals surface area (Å²) in [6.45, 7) is 5.79. The van der Waals surface area contributed by atoms with Crippen LogP contribution in [-0.2, 0) is 4.79 Å². The summed E-state index contributed by atoms with van der Waals surface area (Å²) < 4.78 is 0. The Labute approximate surface area is 124 Å². The minimum atomic E-state index is -0.108. The van der Waals surface area contributed by atoms with E-state index in [4.69, 9.17) is 5.73 Å². The van der Waals surface area contributed by atoms with Crippen molar-refractivity contribution in [2.45, 2.75) is 39.2 Å². The van der Waals surface area contributed by atoms with Crippen LogP contribution in [0.2, 0.25) is 0 Å². The second kappa shape index (κ2) is 7.05. The van der Waals surface area contributed by atoms with Crippen LogP contribution in [-0.4, -0.2) is 46.5 Å². The number of piperidine rings is 1. The maximum atomic E-state index is 11.6. The van der Waals surface area contributed by atoms with Gasteiger partial charge in [-0.25, -0.2) is 0 Å². The van der Waals surface area contributed by atoms with E-state index in [1.165, 1.54) is 6.42 Å². The van der Waals surface area contributed by atoms with Crippen LogP contribution >= 0.6 is 0 Å². The summed E-state index contributed by atoms with van der Waals surface area (Å²) in [4.78, 5) is 26.2. The van der Waals surface area contributed by atoms with Gasteiger partial charge in [-0.1, -0.05) is 0 Å². The summed E-state index contributed by atoms with van der Waals surface area (Å²) in [6.07, 6.45) is 3.49. The molecule has 0 radical (unpaired) electrons. The van der Waals surface area contributed by atoms with E-state index in [0.29, 0.717) is 11.9 Å². The van der Waals surface area contributed by atoms with Gasteiger partial charge < -0.3 is 21.3 Å². The molecule has 1 aliphatic heterocycles. The molecular weight excluding hydrogens is 270 g/mol. The van der Waals surface area contributed by atoms with Gasteiger partial charge in [-0.15, -0.1) is 0 Å². The largest absolute Gasteiger partial charge is 0.368 e. The third-order valence-corrected chi connectivity index (χ3v) is 3.14. The van der Waals surface area contributed by atoms with Crippen LogP contribution in [0.1, 0.15) is 33.1 Å². The number of carbonyl (C=O) groups excluding carboxylic acids is 1. The lowest BCUT2D eigenvalue weighted by molar-refractivity contribution is -0.119. The van der Waals surface area contributed by atoms with Gasteiger partial charge in [0.1, 0.15) is 0 Å². The smallest absolute Gasteiger partial charge is 0.239 e. The third-order valence-electron chi connectivity index (χ3n) is 3.14. The lowest BCUT2D eigenvalue weighted by atomic mass is 10.1. The van der Waals surface area contributed by atoms with E-state index in [0.717, 1.165) is 25.9 Å². The van der Waals surface area contributed by atoms with E-state index >= 15 is 0 Å². The zero-order valence-electron chi connectivity index (χ0n) is 12.6. The Balaban J connectivity index is 1.99. The van der Waals surface area contributed by atoms with E-state index in [2.05, 4.69) is 30.5 Å². The average Bonchev–Trinajstić information content (AvgIpc) is 2.45. The number of nitrogen functional groups attached to an aromatic ring is 1. The first-order valence-electron chi connectivity index (χ1n) is 7.34. The predicted molar refractivity (Wildman–Crippen MR) is 82.1 cm³/mol. The monoisotopic (exact) mass is 293 g/mol. The molecule has 0 saturated carbocycles. The number of anilines is 3. The maximum Gasteiger partial charge on any atom is 0.239 e. The van der Waals surface area contributed by atoms with Gasteiger partial charge in [-0.3, -0.25) is 4.79 Å². The fourth-order valence-electron chi connectivity index (χ4n) is 2.23. The molecule has 8 nitrogen and oxygen atoms in total. The first-order chi connectivity index (χ1) is 10.0. The summed E-state index contributed by atoms with van der Waals surface area (Å²) in [6, 6.07) is 0.103. The van der Waals surface area contributed by atoms with Gasteiger partial charge in [0, 0.05) is 19.1 Å². The molecule has 2 rings (SSSR count). The van der Waals surface area contributed by atoms with Crippen molar-refractivity contribution in [2.75, 3.05) is 35.6 Å². The molecule has 1 aliphatic rings. The maximum absolute atomic E-state index is 11.6. The Hall–Kier alpha value is -2.12. The van der Waals surface area contributed by atoms with Crippen molar-refractivity contribution < 1.29 is 4.79 Å². The fraction of sp³-hybridized carbons (Fsp3) is 0.692. The van der Waals surface area contributed by atoms with E-state index in [9.17, 15) is 4.79 Å². The molecule has 0 unspecified atom stereocenters. The fourth-order valence-corrected chi connectivity index (χ4v) is 2.23. The summed E-state index contributed by atoms with van der Waals surface area (Å²) in [5.74, 6) is 0.969. The molecule has 1 aromatic heterocycles. The number of rotatable bonds is 5. The highest BCUT2D eigenvalue weighted by atomic mass is 16.1. The van der Waals surface area contributed by atoms with Crippen molar-refractivity contribution in [3.63, 3.8) is 0 Å². The molecule has 4 N–H and O–H groups in total. The van der Waals surface area contributed by atoms with E-state index in [1.807, 2.05) is 13.8 Å². The molecule has 0 spiro atoms. The Morgan fingerprint density at radius 3 is 2.62 bits per heavy atom. The van der Waals surface area contributed by atoms with Crippen molar-refractivity contribution in [1.82, 2.24) is 20.3 Å². The number of nitrogens with two attached hydrogens (primary N) is 1. The number of nitrogens with one attached hydrogen (secondary N) is 2. The Morgan fingerprint density at radius 1 is 1.24 bits per heavy atom. The van der Waals surface area contributed by atoms with Gasteiger partial charge in [0.25, 0.3) is 0 Å². The van der Waals surface area contributed by atoms with Gasteiger partial charge in [0.2, 0.25) is 23.8 Å². The average molecular weight is 293 g/mol. The van der Waals surface area contributed by atoms with Crippen LogP contribution in [0.15, 0.2) is 0 Å². The summed E-state index contributed by atoms with van der Waals surface area (Å²) in [5.41, 5.74) is 5.72. The Morgan fingerprint density at radius 2 is 1.95 bits per heavy atom. The number of carbonyl (C=O) groups is 1. The highest BCUT2D eigenvalue weighted by molar-refractivity contribution is 5.80. The van der Waals surface area contributed by atoms with Crippen LogP contribution in [0.5, 0.6) is 0 Å². The number of hydrogen-bond acceptors (Lipinski definition) is 7. The minimum absolute atomic E-state index is 0.103. The molecule has 0 bridgehead atoms. The molecule has 0 aromatic carbocycles. The molecule has 116 valence electrons. The first-order valence-corrected chi connectivity index (χ1v) is 7.34. The lowest BCUT2D eigenvalue weighted by Gasteiger charge is -2.26. The van der Waals surface area contributed by atoms with Gasteiger partial charge in [0.05, 0.1) is 6.54 Å². The molecule has 2 heterocycles. The van der Waals surface area contributed by atoms with Gasteiger partial charge in [-0.2, -0.15) is 15.0 Å². The van der Waals surface area contributed by atoms with Crippen molar-refractivity contribution in [2.24, 2.45) is 0 Å². The predicted octanol–water partition coefficient (Wildman–Crippen LogP) is 0.381. The molecule has 1 amide bonds. The van der Waals surface area contributed by atoms with Crippen LogP contribution in [0.4, 0.5) is 17.8 Å². The number of amides is 1.